The van der Waals surface area contributed by atoms with Gasteiger partial charge in [-0.1, -0.05) is 13.8 Å². The minimum Gasteiger partial charge on any atom is -0.490 e. The van der Waals surface area contributed by atoms with Crippen molar-refractivity contribution >= 4 is 5.82 Å². The van der Waals surface area contributed by atoms with E-state index >= 15 is 0 Å². The molecule has 3 N–H and O–H groups in total. The van der Waals surface area contributed by atoms with Gasteiger partial charge in [0.1, 0.15) is 0 Å². The predicted octanol–water partition coefficient (Wildman–Crippen LogP) is 2.66. The molecule has 102 valence electrons. The number of pyridine rings is 1. The molecule has 1 heterocycles. The lowest BCUT2D eigenvalue weighted by molar-refractivity contribution is 0.337. The predicted molar refractivity (Wildman–Crippen MR) is 75.9 cm³/mol. The summed E-state index contributed by atoms with van der Waals surface area (Å²) in [5.74, 6) is 2.13. The number of ether oxygens (including phenoxy) is 1. The number of nitrogens with two attached hydrogens (primary N) is 1. The number of hydrogen-bond acceptors (Lipinski definition) is 4. The van der Waals surface area contributed by atoms with E-state index in [9.17, 15) is 0 Å². The van der Waals surface area contributed by atoms with Gasteiger partial charge in [0.05, 0.1) is 6.61 Å². The summed E-state index contributed by atoms with van der Waals surface area (Å²) in [5, 5.41) is 3.43. The second-order valence-corrected chi connectivity index (χ2v) is 5.27. The standard InChI is InChI=1S/C14H25N3O/c1-5-18-12-7-6-8-16-13(12)17-14(4,10-15)9-11(2)3/h6-8,11H,5,9-10,15H2,1-4H3,(H,16,17). The molecule has 1 unspecified atom stereocenters. The van der Waals surface area contributed by atoms with Crippen molar-refractivity contribution in [3.8, 4) is 5.75 Å². The Balaban J connectivity index is 2.87. The molecule has 1 atom stereocenters. The molecule has 18 heavy (non-hydrogen) atoms. The fraction of sp³-hybridized carbons (Fsp3) is 0.643. The van der Waals surface area contributed by atoms with Crippen LogP contribution in [0.1, 0.15) is 34.1 Å². The van der Waals surface area contributed by atoms with Gasteiger partial charge >= 0.3 is 0 Å². The summed E-state index contributed by atoms with van der Waals surface area (Å²) in [4.78, 5) is 4.35. The van der Waals surface area contributed by atoms with Gasteiger partial charge in [0, 0.05) is 18.3 Å². The Morgan fingerprint density at radius 2 is 2.22 bits per heavy atom. The molecule has 0 radical (unpaired) electrons. The first kappa shape index (κ1) is 14.8. The van der Waals surface area contributed by atoms with Crippen LogP contribution in [0.3, 0.4) is 0 Å². The number of nitrogens with zero attached hydrogens (tertiary/aromatic N) is 1. The maximum Gasteiger partial charge on any atom is 0.169 e. The summed E-state index contributed by atoms with van der Waals surface area (Å²) in [7, 11) is 0. The lowest BCUT2D eigenvalue weighted by Crippen LogP contribution is -2.44. The monoisotopic (exact) mass is 251 g/mol. The van der Waals surface area contributed by atoms with Crippen molar-refractivity contribution in [2.24, 2.45) is 11.7 Å². The minimum atomic E-state index is -0.158. The van der Waals surface area contributed by atoms with Crippen molar-refractivity contribution in [3.05, 3.63) is 18.3 Å². The van der Waals surface area contributed by atoms with Gasteiger partial charge in [-0.25, -0.2) is 4.98 Å². The van der Waals surface area contributed by atoms with Crippen molar-refractivity contribution < 1.29 is 4.74 Å². The highest BCUT2D eigenvalue weighted by Crippen LogP contribution is 2.27. The molecule has 1 rings (SSSR count). The highest BCUT2D eigenvalue weighted by Gasteiger charge is 2.25. The molecule has 0 spiro atoms. The first-order valence-electron chi connectivity index (χ1n) is 6.57. The molecule has 0 bridgehead atoms. The smallest absolute Gasteiger partial charge is 0.169 e. The summed E-state index contributed by atoms with van der Waals surface area (Å²) in [6.07, 6.45) is 2.75. The van der Waals surface area contributed by atoms with E-state index in [1.807, 2.05) is 19.1 Å². The van der Waals surface area contributed by atoms with Crippen LogP contribution >= 0.6 is 0 Å². The van der Waals surface area contributed by atoms with Crippen LogP contribution < -0.4 is 15.8 Å². The Kier molecular flexibility index (Phi) is 5.41. The van der Waals surface area contributed by atoms with Crippen LogP contribution in [0.5, 0.6) is 5.75 Å². The third-order valence-electron chi connectivity index (χ3n) is 2.80. The molecule has 4 heteroatoms. The van der Waals surface area contributed by atoms with Gasteiger partial charge in [-0.15, -0.1) is 0 Å². The topological polar surface area (TPSA) is 60.2 Å². The maximum absolute atomic E-state index is 5.90. The minimum absolute atomic E-state index is 0.158. The number of nitrogens with one attached hydrogen (secondary N) is 1. The number of aromatic nitrogens is 1. The fourth-order valence-electron chi connectivity index (χ4n) is 2.13. The average molecular weight is 251 g/mol. The van der Waals surface area contributed by atoms with Gasteiger partial charge in [0.25, 0.3) is 0 Å². The summed E-state index contributed by atoms with van der Waals surface area (Å²) < 4.78 is 5.57. The van der Waals surface area contributed by atoms with E-state index in [1.165, 1.54) is 0 Å². The van der Waals surface area contributed by atoms with Crippen molar-refractivity contribution in [1.82, 2.24) is 4.98 Å². The molecule has 0 aliphatic rings. The lowest BCUT2D eigenvalue weighted by atomic mass is 9.91. The molecule has 0 aromatic carbocycles. The summed E-state index contributed by atoms with van der Waals surface area (Å²) in [6, 6.07) is 3.80. The summed E-state index contributed by atoms with van der Waals surface area (Å²) >= 11 is 0. The van der Waals surface area contributed by atoms with Gasteiger partial charge in [-0.2, -0.15) is 0 Å². The van der Waals surface area contributed by atoms with Crippen LogP contribution in [-0.2, 0) is 0 Å². The Labute approximate surface area is 110 Å². The van der Waals surface area contributed by atoms with Crippen LogP contribution in [0, 0.1) is 5.92 Å². The molecule has 1 aromatic rings. The van der Waals surface area contributed by atoms with Gasteiger partial charge in [-0.05, 0) is 38.3 Å². The molecule has 0 saturated heterocycles. The van der Waals surface area contributed by atoms with Gasteiger partial charge < -0.3 is 15.8 Å². The third-order valence-corrected chi connectivity index (χ3v) is 2.80. The summed E-state index contributed by atoms with van der Waals surface area (Å²) in [6.45, 7) is 9.66. The zero-order valence-electron chi connectivity index (χ0n) is 11.9. The Hall–Kier alpha value is -1.29. The van der Waals surface area contributed by atoms with Crippen LogP contribution in [-0.4, -0.2) is 23.7 Å². The second-order valence-electron chi connectivity index (χ2n) is 5.27. The van der Waals surface area contributed by atoms with Crippen molar-refractivity contribution in [3.63, 3.8) is 0 Å². The van der Waals surface area contributed by atoms with Crippen LogP contribution in [0.4, 0.5) is 5.82 Å². The number of rotatable bonds is 7. The Morgan fingerprint density at radius 3 is 2.78 bits per heavy atom. The molecule has 0 saturated carbocycles. The zero-order valence-corrected chi connectivity index (χ0v) is 11.9. The molecule has 0 amide bonds. The molecular weight excluding hydrogens is 226 g/mol. The number of hydrogen-bond donors (Lipinski definition) is 2. The molecule has 0 aliphatic carbocycles. The van der Waals surface area contributed by atoms with Crippen LogP contribution in [0.2, 0.25) is 0 Å². The van der Waals surface area contributed by atoms with Crippen molar-refractivity contribution in [1.29, 1.82) is 0 Å². The van der Waals surface area contributed by atoms with Gasteiger partial charge in [0.2, 0.25) is 0 Å². The first-order valence-corrected chi connectivity index (χ1v) is 6.57. The van der Waals surface area contributed by atoms with Crippen molar-refractivity contribution in [2.75, 3.05) is 18.5 Å². The summed E-state index contributed by atoms with van der Waals surface area (Å²) in [5.41, 5.74) is 5.74. The molecule has 1 aromatic heterocycles. The van der Waals surface area contributed by atoms with E-state index in [0.717, 1.165) is 18.0 Å². The maximum atomic E-state index is 5.90. The molecule has 0 fully saturated rings. The van der Waals surface area contributed by atoms with Crippen LogP contribution in [0.15, 0.2) is 18.3 Å². The van der Waals surface area contributed by atoms with E-state index in [4.69, 9.17) is 10.5 Å². The van der Waals surface area contributed by atoms with E-state index in [-0.39, 0.29) is 5.54 Å². The number of anilines is 1. The van der Waals surface area contributed by atoms with E-state index in [1.54, 1.807) is 6.20 Å². The molecule has 4 nitrogen and oxygen atoms in total. The zero-order chi connectivity index (χ0) is 13.6. The van der Waals surface area contributed by atoms with Crippen LogP contribution in [0.25, 0.3) is 0 Å². The molecule has 0 aliphatic heterocycles. The quantitative estimate of drug-likeness (QED) is 0.782. The Morgan fingerprint density at radius 1 is 1.50 bits per heavy atom. The van der Waals surface area contributed by atoms with Crippen molar-refractivity contribution in [2.45, 2.75) is 39.7 Å². The fourth-order valence-corrected chi connectivity index (χ4v) is 2.13. The highest BCUT2D eigenvalue weighted by atomic mass is 16.5. The van der Waals surface area contributed by atoms with E-state index < -0.39 is 0 Å². The van der Waals surface area contributed by atoms with Gasteiger partial charge in [-0.3, -0.25) is 0 Å². The normalized spacial score (nSPS) is 14.3. The lowest BCUT2D eigenvalue weighted by Gasteiger charge is -2.32. The SMILES string of the molecule is CCOc1cccnc1NC(C)(CN)CC(C)C. The second kappa shape index (κ2) is 6.59. The van der Waals surface area contributed by atoms with E-state index in [2.05, 4.69) is 31.1 Å². The first-order chi connectivity index (χ1) is 8.50. The highest BCUT2D eigenvalue weighted by molar-refractivity contribution is 5.51. The largest absolute Gasteiger partial charge is 0.490 e. The Bertz CT molecular complexity index is 368. The average Bonchev–Trinajstić information content (AvgIpc) is 2.31. The van der Waals surface area contributed by atoms with Gasteiger partial charge in [0.15, 0.2) is 11.6 Å². The third kappa shape index (κ3) is 4.18. The van der Waals surface area contributed by atoms with E-state index in [0.29, 0.717) is 19.1 Å². The molecular formula is C14H25N3O.